The molecule has 1 N–H and O–H groups in total. The van der Waals surface area contributed by atoms with E-state index in [0.29, 0.717) is 13.0 Å². The van der Waals surface area contributed by atoms with E-state index in [2.05, 4.69) is 15.9 Å². The van der Waals surface area contributed by atoms with Gasteiger partial charge < -0.3 is 9.84 Å². The highest BCUT2D eigenvalue weighted by Crippen LogP contribution is 2.12. The van der Waals surface area contributed by atoms with Gasteiger partial charge in [0.25, 0.3) is 0 Å². The van der Waals surface area contributed by atoms with Crippen molar-refractivity contribution in [2.45, 2.75) is 37.6 Å². The van der Waals surface area contributed by atoms with Crippen LogP contribution in [0.5, 0.6) is 0 Å². The number of rotatable bonds is 5. The number of aliphatic hydroxyl groups excluding tert-OH is 1. The highest BCUT2D eigenvalue weighted by molar-refractivity contribution is 9.10. The van der Waals surface area contributed by atoms with Gasteiger partial charge in [-0.05, 0) is 13.3 Å². The van der Waals surface area contributed by atoms with Crippen molar-refractivity contribution in [1.29, 1.82) is 0 Å². The molecule has 2 atom stereocenters. The molecule has 4 heteroatoms. The number of ether oxygens (including phenoxy) is 1. The molecule has 0 bridgehead atoms. The number of alkyl halides is 1. The first kappa shape index (κ1) is 11.9. The Morgan fingerprint density at radius 1 is 1.58 bits per heavy atom. The molecule has 0 amide bonds. The number of hydrogen-bond acceptors (Lipinski definition) is 3. The van der Waals surface area contributed by atoms with E-state index in [1.807, 2.05) is 6.92 Å². The number of carbonyl (C=O) groups excluding carboxylic acids is 1. The molecule has 12 heavy (non-hydrogen) atoms. The quantitative estimate of drug-likeness (QED) is 0.583. The Kier molecular flexibility index (Phi) is 6.38. The summed E-state index contributed by atoms with van der Waals surface area (Å²) in [6, 6.07) is 0. The van der Waals surface area contributed by atoms with Gasteiger partial charge in [-0.25, -0.2) is 0 Å². The minimum Gasteiger partial charge on any atom is -0.465 e. The fourth-order valence-electron chi connectivity index (χ4n) is 0.821. The molecular weight excluding hydrogens is 224 g/mol. The predicted molar refractivity (Wildman–Crippen MR) is 50.3 cm³/mol. The van der Waals surface area contributed by atoms with Crippen molar-refractivity contribution in [2.75, 3.05) is 6.61 Å². The maximum Gasteiger partial charge on any atom is 0.322 e. The fourth-order valence-corrected chi connectivity index (χ4v) is 1.22. The van der Waals surface area contributed by atoms with Crippen molar-refractivity contribution < 1.29 is 14.6 Å². The monoisotopic (exact) mass is 238 g/mol. The van der Waals surface area contributed by atoms with Crippen LogP contribution in [0, 0.1) is 0 Å². The van der Waals surface area contributed by atoms with E-state index in [1.165, 1.54) is 0 Å². The van der Waals surface area contributed by atoms with Crippen LogP contribution >= 0.6 is 15.9 Å². The van der Waals surface area contributed by atoms with Crippen molar-refractivity contribution in [1.82, 2.24) is 0 Å². The molecule has 0 aliphatic heterocycles. The average Bonchev–Trinajstić information content (AvgIpc) is 2.04. The second kappa shape index (κ2) is 6.43. The Hall–Kier alpha value is -0.0900. The predicted octanol–water partition coefficient (Wildman–Crippen LogP) is 1.47. The number of halogens is 1. The van der Waals surface area contributed by atoms with Crippen molar-refractivity contribution in [3.63, 3.8) is 0 Å². The van der Waals surface area contributed by atoms with Crippen LogP contribution in [-0.4, -0.2) is 28.6 Å². The highest BCUT2D eigenvalue weighted by Gasteiger charge is 2.23. The zero-order valence-electron chi connectivity index (χ0n) is 7.42. The largest absolute Gasteiger partial charge is 0.465 e. The molecule has 0 aromatic heterocycles. The Bertz CT molecular complexity index is 138. The number of hydrogen-bond donors (Lipinski definition) is 1. The molecule has 0 aliphatic rings. The summed E-state index contributed by atoms with van der Waals surface area (Å²) in [6.45, 7) is 4.04. The lowest BCUT2D eigenvalue weighted by atomic mass is 10.1. The first-order valence-corrected chi connectivity index (χ1v) is 5.03. The van der Waals surface area contributed by atoms with Crippen LogP contribution in [0.1, 0.15) is 26.7 Å². The summed E-state index contributed by atoms with van der Waals surface area (Å²) in [5, 5.41) is 9.37. The molecule has 0 saturated carbocycles. The first-order chi connectivity index (χ1) is 5.63. The molecule has 0 heterocycles. The van der Waals surface area contributed by atoms with Crippen molar-refractivity contribution >= 4 is 21.9 Å². The van der Waals surface area contributed by atoms with Crippen molar-refractivity contribution in [3.05, 3.63) is 0 Å². The lowest BCUT2D eigenvalue weighted by Crippen LogP contribution is -2.30. The standard InChI is InChI=1S/C8H15BrO3/c1-3-5-6(10)7(9)8(11)12-4-2/h6-7,10H,3-5H2,1-2H3. The molecule has 0 rings (SSSR count). The third kappa shape index (κ3) is 4.07. The number of carbonyl (C=O) groups is 1. The second-order valence-electron chi connectivity index (χ2n) is 2.51. The Balaban J connectivity index is 3.82. The molecule has 0 fully saturated rings. The molecular formula is C8H15BrO3. The van der Waals surface area contributed by atoms with Gasteiger partial charge in [0.1, 0.15) is 4.83 Å². The smallest absolute Gasteiger partial charge is 0.322 e. The van der Waals surface area contributed by atoms with Gasteiger partial charge in [-0.1, -0.05) is 29.3 Å². The van der Waals surface area contributed by atoms with E-state index < -0.39 is 16.9 Å². The average molecular weight is 239 g/mol. The van der Waals surface area contributed by atoms with E-state index in [9.17, 15) is 9.90 Å². The van der Waals surface area contributed by atoms with Crippen molar-refractivity contribution in [3.8, 4) is 0 Å². The van der Waals surface area contributed by atoms with E-state index in [1.54, 1.807) is 6.92 Å². The maximum atomic E-state index is 11.0. The topological polar surface area (TPSA) is 46.5 Å². The van der Waals surface area contributed by atoms with Gasteiger partial charge >= 0.3 is 5.97 Å². The van der Waals surface area contributed by atoms with Crippen LogP contribution in [0.15, 0.2) is 0 Å². The van der Waals surface area contributed by atoms with Crippen LogP contribution in [0.25, 0.3) is 0 Å². The molecule has 3 nitrogen and oxygen atoms in total. The van der Waals surface area contributed by atoms with E-state index in [0.717, 1.165) is 6.42 Å². The van der Waals surface area contributed by atoms with Crippen LogP contribution in [0.4, 0.5) is 0 Å². The third-order valence-corrected chi connectivity index (χ3v) is 2.42. The van der Waals surface area contributed by atoms with E-state index in [-0.39, 0.29) is 0 Å². The Morgan fingerprint density at radius 3 is 2.58 bits per heavy atom. The third-order valence-electron chi connectivity index (χ3n) is 1.43. The molecule has 0 aliphatic carbocycles. The molecule has 0 saturated heterocycles. The zero-order valence-corrected chi connectivity index (χ0v) is 9.00. The van der Waals surface area contributed by atoms with Gasteiger partial charge in [0, 0.05) is 0 Å². The lowest BCUT2D eigenvalue weighted by Gasteiger charge is -2.14. The van der Waals surface area contributed by atoms with Gasteiger partial charge in [-0.2, -0.15) is 0 Å². The van der Waals surface area contributed by atoms with E-state index in [4.69, 9.17) is 4.74 Å². The normalized spacial score (nSPS) is 15.3. The fraction of sp³-hybridized carbons (Fsp3) is 0.875. The molecule has 0 aromatic carbocycles. The Labute approximate surface area is 81.2 Å². The lowest BCUT2D eigenvalue weighted by molar-refractivity contribution is -0.144. The number of esters is 1. The summed E-state index contributed by atoms with van der Waals surface area (Å²) in [6.07, 6.45) is 0.811. The highest BCUT2D eigenvalue weighted by atomic mass is 79.9. The summed E-state index contributed by atoms with van der Waals surface area (Å²) in [4.78, 5) is 10.4. The molecule has 2 unspecified atom stereocenters. The summed E-state index contributed by atoms with van der Waals surface area (Å²) in [5.41, 5.74) is 0. The molecule has 0 aromatic rings. The summed E-state index contributed by atoms with van der Waals surface area (Å²) in [7, 11) is 0. The van der Waals surface area contributed by atoms with E-state index >= 15 is 0 Å². The minimum absolute atomic E-state index is 0.347. The summed E-state index contributed by atoms with van der Waals surface area (Å²) >= 11 is 3.09. The van der Waals surface area contributed by atoms with Crippen LogP contribution < -0.4 is 0 Å². The molecule has 0 spiro atoms. The zero-order chi connectivity index (χ0) is 9.56. The van der Waals surface area contributed by atoms with Gasteiger partial charge in [0.2, 0.25) is 0 Å². The van der Waals surface area contributed by atoms with Crippen molar-refractivity contribution in [2.24, 2.45) is 0 Å². The maximum absolute atomic E-state index is 11.0. The van der Waals surface area contributed by atoms with Gasteiger partial charge in [-0.15, -0.1) is 0 Å². The summed E-state index contributed by atoms with van der Waals surface area (Å²) < 4.78 is 4.73. The molecule has 72 valence electrons. The van der Waals surface area contributed by atoms with Crippen LogP contribution in [0.3, 0.4) is 0 Å². The first-order valence-electron chi connectivity index (χ1n) is 4.12. The summed E-state index contributed by atoms with van der Waals surface area (Å²) in [5.74, 6) is -0.390. The Morgan fingerprint density at radius 2 is 2.17 bits per heavy atom. The van der Waals surface area contributed by atoms with Gasteiger partial charge in [0.05, 0.1) is 12.7 Å². The van der Waals surface area contributed by atoms with Gasteiger partial charge in [-0.3, -0.25) is 4.79 Å². The van der Waals surface area contributed by atoms with Gasteiger partial charge in [0.15, 0.2) is 0 Å². The number of aliphatic hydroxyl groups is 1. The molecule has 0 radical (unpaired) electrons. The second-order valence-corrected chi connectivity index (χ2v) is 3.50. The SMILES string of the molecule is CCCC(O)C(Br)C(=O)OCC. The minimum atomic E-state index is -0.644. The van der Waals surface area contributed by atoms with Crippen LogP contribution in [0.2, 0.25) is 0 Å². The van der Waals surface area contributed by atoms with Crippen LogP contribution in [-0.2, 0) is 9.53 Å².